The second-order valence-corrected chi connectivity index (χ2v) is 5.97. The number of rotatable bonds is 2. The minimum absolute atomic E-state index is 0.371. The van der Waals surface area contributed by atoms with E-state index in [4.69, 9.17) is 10.2 Å². The zero-order chi connectivity index (χ0) is 15.8. The maximum Gasteiger partial charge on any atom is 0.347 e. The number of nitrogens with zero attached hydrogens (tertiary/aromatic N) is 2. The van der Waals surface area contributed by atoms with Crippen molar-refractivity contribution in [2.75, 3.05) is 5.73 Å². The Kier molecular flexibility index (Phi) is 3.17. The zero-order valence-corrected chi connectivity index (χ0v) is 12.7. The Bertz CT molecular complexity index is 1100. The summed E-state index contributed by atoms with van der Waals surface area (Å²) in [5.74, 6) is 0. The van der Waals surface area contributed by atoms with E-state index >= 15 is 0 Å². The first-order valence-corrected chi connectivity index (χ1v) is 7.76. The van der Waals surface area contributed by atoms with E-state index in [-0.39, 0.29) is 0 Å². The second kappa shape index (κ2) is 5.33. The van der Waals surface area contributed by atoms with Crippen molar-refractivity contribution in [2.24, 2.45) is 10.2 Å². The van der Waals surface area contributed by atoms with Gasteiger partial charge in [-0.1, -0.05) is 47.7 Å². The number of fused-ring (bicyclic) bond motifs is 3. The number of nitrogens with two attached hydrogens (primary N) is 1. The van der Waals surface area contributed by atoms with Crippen LogP contribution < -0.4 is 11.4 Å². The van der Waals surface area contributed by atoms with E-state index in [1.165, 1.54) is 11.3 Å². The fraction of sp³-hybridized carbons (Fsp3) is 0. The van der Waals surface area contributed by atoms with Crippen LogP contribution in [0.1, 0.15) is 0 Å². The fourth-order valence-electron chi connectivity index (χ4n) is 2.47. The van der Waals surface area contributed by atoms with Gasteiger partial charge in [0.25, 0.3) is 0 Å². The number of anilines is 1. The molecular weight excluding hydrogens is 310 g/mol. The van der Waals surface area contributed by atoms with E-state index in [1.54, 1.807) is 6.07 Å². The molecule has 0 unspecified atom stereocenters. The monoisotopic (exact) mass is 321 g/mol. The van der Waals surface area contributed by atoms with Crippen molar-refractivity contribution >= 4 is 48.8 Å². The van der Waals surface area contributed by atoms with E-state index in [0.717, 1.165) is 11.1 Å². The van der Waals surface area contributed by atoms with Crippen LogP contribution in [0, 0.1) is 0 Å². The Labute approximate surface area is 134 Å². The lowest BCUT2D eigenvalue weighted by molar-refractivity contribution is 0.570. The molecule has 23 heavy (non-hydrogen) atoms. The first-order chi connectivity index (χ1) is 11.2. The Morgan fingerprint density at radius 3 is 2.48 bits per heavy atom. The number of para-hydroxylation sites is 1. The summed E-state index contributed by atoms with van der Waals surface area (Å²) >= 11 is 1.23. The van der Waals surface area contributed by atoms with E-state index < -0.39 is 5.63 Å². The normalized spacial score (nSPS) is 11.7. The molecular formula is C17H11N3O2S. The predicted octanol–water partition coefficient (Wildman–Crippen LogP) is 5.01. The molecule has 2 aromatic carbocycles. The van der Waals surface area contributed by atoms with Gasteiger partial charge in [-0.15, -0.1) is 10.2 Å². The van der Waals surface area contributed by atoms with Gasteiger partial charge < -0.3 is 10.2 Å². The van der Waals surface area contributed by atoms with Gasteiger partial charge in [0, 0.05) is 10.8 Å². The molecule has 112 valence electrons. The number of thiophene rings is 1. The van der Waals surface area contributed by atoms with Crippen LogP contribution in [0.5, 0.6) is 0 Å². The molecule has 0 amide bonds. The summed E-state index contributed by atoms with van der Waals surface area (Å²) in [6, 6.07) is 16.7. The highest BCUT2D eigenvalue weighted by atomic mass is 32.1. The smallest absolute Gasteiger partial charge is 0.347 e. The molecule has 0 saturated heterocycles. The molecule has 0 saturated carbocycles. The largest absolute Gasteiger partial charge is 0.422 e. The standard InChI is InChI=1S/C17H11N3O2S/c18-15-14-13(11-8-4-5-9-12(11)22-17(14)21)16(23-15)20-19-10-6-2-1-3-7-10/h1-9H,18H2. The summed E-state index contributed by atoms with van der Waals surface area (Å²) in [6.45, 7) is 0. The molecule has 0 bridgehead atoms. The second-order valence-electron chi connectivity index (χ2n) is 4.94. The van der Waals surface area contributed by atoms with Crippen molar-refractivity contribution in [3.05, 3.63) is 65.0 Å². The molecule has 0 fully saturated rings. The third-order valence-corrected chi connectivity index (χ3v) is 4.40. The number of azo groups is 1. The molecule has 2 N–H and O–H groups in total. The Morgan fingerprint density at radius 2 is 1.65 bits per heavy atom. The fourth-order valence-corrected chi connectivity index (χ4v) is 3.36. The van der Waals surface area contributed by atoms with Crippen molar-refractivity contribution in [1.82, 2.24) is 0 Å². The van der Waals surface area contributed by atoms with Gasteiger partial charge in [0.05, 0.1) is 5.69 Å². The SMILES string of the molecule is Nc1sc(N=Nc2ccccc2)c2c1c(=O)oc1ccccc12. The van der Waals surface area contributed by atoms with Crippen LogP contribution in [-0.2, 0) is 0 Å². The van der Waals surface area contributed by atoms with E-state index in [9.17, 15) is 4.79 Å². The third kappa shape index (κ3) is 2.29. The lowest BCUT2D eigenvalue weighted by Crippen LogP contribution is -2.00. The summed E-state index contributed by atoms with van der Waals surface area (Å²) in [5.41, 5.74) is 6.79. The maximum absolute atomic E-state index is 12.2. The minimum Gasteiger partial charge on any atom is -0.422 e. The van der Waals surface area contributed by atoms with E-state index in [0.29, 0.717) is 26.4 Å². The molecule has 4 rings (SSSR count). The van der Waals surface area contributed by atoms with Crippen molar-refractivity contribution < 1.29 is 4.42 Å². The van der Waals surface area contributed by atoms with Crippen LogP contribution in [0.3, 0.4) is 0 Å². The molecule has 5 nitrogen and oxygen atoms in total. The first-order valence-electron chi connectivity index (χ1n) is 6.94. The molecule has 0 aliphatic heterocycles. The van der Waals surface area contributed by atoms with Crippen LogP contribution in [-0.4, -0.2) is 0 Å². The van der Waals surface area contributed by atoms with Gasteiger partial charge >= 0.3 is 5.63 Å². The first kappa shape index (κ1) is 13.7. The van der Waals surface area contributed by atoms with Crippen LogP contribution >= 0.6 is 11.3 Å². The highest BCUT2D eigenvalue weighted by Gasteiger charge is 2.17. The van der Waals surface area contributed by atoms with Gasteiger partial charge in [-0.2, -0.15) is 0 Å². The summed E-state index contributed by atoms with van der Waals surface area (Å²) in [6.07, 6.45) is 0. The van der Waals surface area contributed by atoms with Gasteiger partial charge in [0.15, 0.2) is 0 Å². The lowest BCUT2D eigenvalue weighted by atomic mass is 10.1. The van der Waals surface area contributed by atoms with Gasteiger partial charge in [-0.3, -0.25) is 0 Å². The Hall–Kier alpha value is -2.99. The Balaban J connectivity index is 2.00. The number of hydrogen-bond acceptors (Lipinski definition) is 6. The molecule has 0 aliphatic rings. The summed E-state index contributed by atoms with van der Waals surface area (Å²) in [7, 11) is 0. The summed E-state index contributed by atoms with van der Waals surface area (Å²) < 4.78 is 5.33. The van der Waals surface area contributed by atoms with Gasteiger partial charge in [-0.25, -0.2) is 4.79 Å². The Morgan fingerprint density at radius 1 is 0.913 bits per heavy atom. The van der Waals surface area contributed by atoms with Crippen LogP contribution in [0.15, 0.2) is 74.0 Å². The highest BCUT2D eigenvalue weighted by Crippen LogP contribution is 2.42. The lowest BCUT2D eigenvalue weighted by Gasteiger charge is -1.99. The molecule has 6 heteroatoms. The van der Waals surface area contributed by atoms with Crippen LogP contribution in [0.2, 0.25) is 0 Å². The van der Waals surface area contributed by atoms with Crippen LogP contribution in [0.25, 0.3) is 21.7 Å². The molecule has 0 radical (unpaired) electrons. The number of nitrogen functional groups attached to an aromatic ring is 1. The summed E-state index contributed by atoms with van der Waals surface area (Å²) in [4.78, 5) is 12.2. The quantitative estimate of drug-likeness (QED) is 0.416. The molecule has 0 atom stereocenters. The predicted molar refractivity (Wildman–Crippen MR) is 92.9 cm³/mol. The topological polar surface area (TPSA) is 81.0 Å². The van der Waals surface area contributed by atoms with Gasteiger partial charge in [-0.05, 0) is 18.2 Å². The number of hydrogen-bond donors (Lipinski definition) is 1. The van der Waals surface area contributed by atoms with Gasteiger partial charge in [0.2, 0.25) is 0 Å². The molecule has 0 aliphatic carbocycles. The molecule has 2 aromatic heterocycles. The third-order valence-electron chi connectivity index (χ3n) is 3.49. The van der Waals surface area contributed by atoms with Crippen molar-refractivity contribution in [3.8, 4) is 0 Å². The van der Waals surface area contributed by atoms with Crippen molar-refractivity contribution in [3.63, 3.8) is 0 Å². The zero-order valence-electron chi connectivity index (χ0n) is 11.9. The average molecular weight is 321 g/mol. The number of benzene rings is 2. The average Bonchev–Trinajstić information content (AvgIpc) is 2.92. The molecule has 4 aromatic rings. The van der Waals surface area contributed by atoms with Crippen molar-refractivity contribution in [2.45, 2.75) is 0 Å². The maximum atomic E-state index is 12.2. The van der Waals surface area contributed by atoms with E-state index in [2.05, 4.69) is 10.2 Å². The highest BCUT2D eigenvalue weighted by molar-refractivity contribution is 7.21. The van der Waals surface area contributed by atoms with Crippen molar-refractivity contribution in [1.29, 1.82) is 0 Å². The van der Waals surface area contributed by atoms with Gasteiger partial charge in [0.1, 0.15) is 21.0 Å². The summed E-state index contributed by atoms with van der Waals surface area (Å²) in [5, 5.41) is 11.4. The molecule has 2 heterocycles. The molecule has 0 spiro atoms. The minimum atomic E-state index is -0.450. The van der Waals surface area contributed by atoms with E-state index in [1.807, 2.05) is 48.5 Å². The van der Waals surface area contributed by atoms with Crippen LogP contribution in [0.4, 0.5) is 15.7 Å².